The first-order valence-corrected chi connectivity index (χ1v) is 6.10. The lowest BCUT2D eigenvalue weighted by Gasteiger charge is -2.18. The van der Waals surface area contributed by atoms with E-state index < -0.39 is 5.97 Å². The number of carboxylic acid groups (broad SMARTS) is 1. The molecule has 0 aliphatic heterocycles. The summed E-state index contributed by atoms with van der Waals surface area (Å²) >= 11 is 1.50. The highest BCUT2D eigenvalue weighted by Gasteiger charge is 2.18. The highest BCUT2D eigenvalue weighted by molar-refractivity contribution is 8.00. The molecule has 4 heteroatoms. The number of carboxylic acids is 1. The van der Waals surface area contributed by atoms with Crippen molar-refractivity contribution in [2.75, 3.05) is 6.61 Å². The Morgan fingerprint density at radius 2 is 2.00 bits per heavy atom. The molecule has 0 saturated heterocycles. The van der Waals surface area contributed by atoms with Gasteiger partial charge in [-0.15, -0.1) is 11.8 Å². The van der Waals surface area contributed by atoms with Crippen LogP contribution in [0, 0.1) is 0 Å². The van der Waals surface area contributed by atoms with Gasteiger partial charge in [-0.1, -0.05) is 37.3 Å². The summed E-state index contributed by atoms with van der Waals surface area (Å²) in [6, 6.07) is 9.54. The maximum atomic E-state index is 10.8. The standard InChI is InChI=1S/C12H16O3S/c1-9(8-13)16-11(7-12(14)15)10-5-3-2-4-6-10/h2-6,9,11,13H,7-8H2,1H3,(H,14,15). The van der Waals surface area contributed by atoms with Crippen LogP contribution in [0.2, 0.25) is 0 Å². The molecule has 0 radical (unpaired) electrons. The van der Waals surface area contributed by atoms with Gasteiger partial charge in [-0.2, -0.15) is 0 Å². The molecule has 2 N–H and O–H groups in total. The van der Waals surface area contributed by atoms with Crippen LogP contribution >= 0.6 is 11.8 Å². The Hall–Kier alpha value is -1.00. The van der Waals surface area contributed by atoms with Crippen molar-refractivity contribution in [2.24, 2.45) is 0 Å². The number of hydrogen-bond acceptors (Lipinski definition) is 3. The number of benzene rings is 1. The molecule has 1 aromatic rings. The molecule has 0 bridgehead atoms. The third-order valence-corrected chi connectivity index (χ3v) is 3.57. The van der Waals surface area contributed by atoms with Crippen LogP contribution in [0.15, 0.2) is 30.3 Å². The van der Waals surface area contributed by atoms with Gasteiger partial charge in [0.2, 0.25) is 0 Å². The van der Waals surface area contributed by atoms with Crippen LogP contribution < -0.4 is 0 Å². The maximum Gasteiger partial charge on any atom is 0.304 e. The van der Waals surface area contributed by atoms with Gasteiger partial charge in [-0.3, -0.25) is 4.79 Å². The van der Waals surface area contributed by atoms with Crippen LogP contribution in [0.3, 0.4) is 0 Å². The molecule has 1 aromatic carbocycles. The Morgan fingerprint density at radius 3 is 2.50 bits per heavy atom. The van der Waals surface area contributed by atoms with E-state index >= 15 is 0 Å². The molecule has 0 aliphatic rings. The number of aliphatic hydroxyl groups excluding tert-OH is 1. The van der Waals surface area contributed by atoms with Crippen molar-refractivity contribution >= 4 is 17.7 Å². The van der Waals surface area contributed by atoms with Gasteiger partial charge in [-0.25, -0.2) is 0 Å². The maximum absolute atomic E-state index is 10.8. The largest absolute Gasteiger partial charge is 0.481 e. The van der Waals surface area contributed by atoms with Crippen molar-refractivity contribution in [2.45, 2.75) is 23.8 Å². The van der Waals surface area contributed by atoms with Crippen LogP contribution in [0.5, 0.6) is 0 Å². The van der Waals surface area contributed by atoms with Crippen LogP contribution in [0.25, 0.3) is 0 Å². The quantitative estimate of drug-likeness (QED) is 0.801. The molecule has 1 rings (SSSR count). The Labute approximate surface area is 99.5 Å². The molecule has 0 heterocycles. The van der Waals surface area contributed by atoms with E-state index in [1.165, 1.54) is 11.8 Å². The fourth-order valence-corrected chi connectivity index (χ4v) is 2.59. The van der Waals surface area contributed by atoms with Crippen molar-refractivity contribution in [1.82, 2.24) is 0 Å². The second kappa shape index (κ2) is 6.55. The summed E-state index contributed by atoms with van der Waals surface area (Å²) < 4.78 is 0. The summed E-state index contributed by atoms with van der Waals surface area (Å²) in [5, 5.41) is 17.8. The van der Waals surface area contributed by atoms with E-state index in [0.29, 0.717) is 0 Å². The van der Waals surface area contributed by atoms with Crippen LogP contribution in [-0.4, -0.2) is 28.0 Å². The fourth-order valence-electron chi connectivity index (χ4n) is 1.39. The van der Waals surface area contributed by atoms with Crippen molar-refractivity contribution in [3.05, 3.63) is 35.9 Å². The predicted octanol–water partition coefficient (Wildman–Crippen LogP) is 2.32. The molecule has 88 valence electrons. The summed E-state index contributed by atoms with van der Waals surface area (Å²) in [4.78, 5) is 10.8. The summed E-state index contributed by atoms with van der Waals surface area (Å²) in [6.07, 6.45) is 0.0824. The lowest BCUT2D eigenvalue weighted by Crippen LogP contribution is -2.10. The second-order valence-electron chi connectivity index (χ2n) is 3.63. The molecule has 0 spiro atoms. The fraction of sp³-hybridized carbons (Fsp3) is 0.417. The average molecular weight is 240 g/mol. The molecular formula is C12H16O3S. The SMILES string of the molecule is CC(CO)SC(CC(=O)O)c1ccccc1. The third-order valence-electron chi connectivity index (χ3n) is 2.19. The lowest BCUT2D eigenvalue weighted by atomic mass is 10.1. The van der Waals surface area contributed by atoms with E-state index in [9.17, 15) is 4.79 Å². The number of aliphatic hydroxyl groups is 1. The van der Waals surface area contributed by atoms with E-state index in [0.717, 1.165) is 5.56 Å². The number of rotatable bonds is 6. The Balaban J connectivity index is 2.75. The van der Waals surface area contributed by atoms with Crippen LogP contribution in [0.1, 0.15) is 24.2 Å². The zero-order valence-corrected chi connectivity index (χ0v) is 9.98. The van der Waals surface area contributed by atoms with Gasteiger partial charge in [0.1, 0.15) is 0 Å². The molecule has 2 unspecified atom stereocenters. The number of thioether (sulfide) groups is 1. The number of carbonyl (C=O) groups is 1. The Morgan fingerprint density at radius 1 is 1.38 bits per heavy atom. The van der Waals surface area contributed by atoms with Gasteiger partial charge < -0.3 is 10.2 Å². The average Bonchev–Trinajstić information content (AvgIpc) is 2.28. The highest BCUT2D eigenvalue weighted by atomic mass is 32.2. The summed E-state index contributed by atoms with van der Waals surface area (Å²) in [5.74, 6) is -0.813. The van der Waals surface area contributed by atoms with Crippen LogP contribution in [-0.2, 0) is 4.79 Å². The first kappa shape index (κ1) is 13.1. The van der Waals surface area contributed by atoms with E-state index in [1.807, 2.05) is 37.3 Å². The first-order chi connectivity index (χ1) is 7.63. The predicted molar refractivity (Wildman–Crippen MR) is 65.6 cm³/mol. The van der Waals surface area contributed by atoms with Gasteiger partial charge >= 0.3 is 5.97 Å². The van der Waals surface area contributed by atoms with Gasteiger partial charge in [0.15, 0.2) is 0 Å². The van der Waals surface area contributed by atoms with E-state index in [4.69, 9.17) is 10.2 Å². The number of aliphatic carboxylic acids is 1. The molecule has 2 atom stereocenters. The summed E-state index contributed by atoms with van der Waals surface area (Å²) in [7, 11) is 0. The minimum atomic E-state index is -0.813. The molecule has 0 amide bonds. The Bertz CT molecular complexity index is 326. The van der Waals surface area contributed by atoms with E-state index in [2.05, 4.69) is 0 Å². The molecule has 16 heavy (non-hydrogen) atoms. The molecule has 3 nitrogen and oxygen atoms in total. The van der Waals surface area contributed by atoms with Gasteiger partial charge in [0.25, 0.3) is 0 Å². The molecule has 0 aromatic heterocycles. The lowest BCUT2D eigenvalue weighted by molar-refractivity contribution is -0.137. The minimum Gasteiger partial charge on any atom is -0.481 e. The number of hydrogen-bond donors (Lipinski definition) is 2. The van der Waals surface area contributed by atoms with Crippen molar-refractivity contribution in [3.8, 4) is 0 Å². The van der Waals surface area contributed by atoms with Gasteiger partial charge in [-0.05, 0) is 5.56 Å². The molecule has 0 saturated carbocycles. The van der Waals surface area contributed by atoms with Crippen LogP contribution in [0.4, 0.5) is 0 Å². The van der Waals surface area contributed by atoms with E-state index in [1.54, 1.807) is 0 Å². The normalized spacial score (nSPS) is 14.4. The van der Waals surface area contributed by atoms with E-state index in [-0.39, 0.29) is 23.5 Å². The van der Waals surface area contributed by atoms with Crippen molar-refractivity contribution in [1.29, 1.82) is 0 Å². The minimum absolute atomic E-state index is 0.0459. The van der Waals surface area contributed by atoms with Gasteiger partial charge in [0, 0.05) is 10.5 Å². The Kier molecular flexibility index (Phi) is 5.35. The smallest absolute Gasteiger partial charge is 0.304 e. The molecular weight excluding hydrogens is 224 g/mol. The summed E-state index contributed by atoms with van der Waals surface area (Å²) in [6.45, 7) is 1.95. The molecule has 0 aliphatic carbocycles. The molecule has 0 fully saturated rings. The summed E-state index contributed by atoms with van der Waals surface area (Å²) in [5.41, 5.74) is 0.996. The third kappa shape index (κ3) is 4.24. The van der Waals surface area contributed by atoms with Crippen molar-refractivity contribution < 1.29 is 15.0 Å². The zero-order valence-electron chi connectivity index (χ0n) is 9.17. The topological polar surface area (TPSA) is 57.5 Å². The monoisotopic (exact) mass is 240 g/mol. The van der Waals surface area contributed by atoms with Gasteiger partial charge in [0.05, 0.1) is 13.0 Å². The highest BCUT2D eigenvalue weighted by Crippen LogP contribution is 2.34. The zero-order chi connectivity index (χ0) is 12.0. The second-order valence-corrected chi connectivity index (χ2v) is 5.27. The van der Waals surface area contributed by atoms with Crippen molar-refractivity contribution in [3.63, 3.8) is 0 Å². The first-order valence-electron chi connectivity index (χ1n) is 5.16.